The Balaban J connectivity index is 1.62. The van der Waals surface area contributed by atoms with Gasteiger partial charge in [-0.1, -0.05) is 12.1 Å². The summed E-state index contributed by atoms with van der Waals surface area (Å²) in [5.41, 5.74) is 2.19. The SMILES string of the molecule is O=C(NC1CC1)c1cc(NCc2ccc(F)cc2)ccn1. The number of rotatable bonds is 5. The molecule has 0 spiro atoms. The average molecular weight is 285 g/mol. The molecule has 108 valence electrons. The molecule has 1 fully saturated rings. The standard InChI is InChI=1S/C16H16FN3O/c17-12-3-1-11(2-4-12)10-19-14-7-8-18-15(9-14)16(21)20-13-5-6-13/h1-4,7-9,13H,5-6,10H2,(H,18,19)(H,20,21). The van der Waals surface area contributed by atoms with Gasteiger partial charge in [0.05, 0.1) is 0 Å². The van der Waals surface area contributed by atoms with Crippen molar-refractivity contribution in [3.8, 4) is 0 Å². The molecule has 0 atom stereocenters. The van der Waals surface area contributed by atoms with Crippen LogP contribution in [0.15, 0.2) is 42.6 Å². The Morgan fingerprint density at radius 3 is 2.71 bits per heavy atom. The number of pyridine rings is 1. The van der Waals surface area contributed by atoms with Gasteiger partial charge in [-0.25, -0.2) is 4.39 Å². The van der Waals surface area contributed by atoms with Gasteiger partial charge in [0.25, 0.3) is 5.91 Å². The van der Waals surface area contributed by atoms with E-state index >= 15 is 0 Å². The van der Waals surface area contributed by atoms with E-state index in [0.29, 0.717) is 18.3 Å². The van der Waals surface area contributed by atoms with Crippen molar-refractivity contribution in [2.75, 3.05) is 5.32 Å². The van der Waals surface area contributed by atoms with Crippen LogP contribution in [0.1, 0.15) is 28.9 Å². The third-order valence-electron chi connectivity index (χ3n) is 3.32. The van der Waals surface area contributed by atoms with Crippen LogP contribution in [0, 0.1) is 5.82 Å². The summed E-state index contributed by atoms with van der Waals surface area (Å²) in [6.45, 7) is 0.563. The first-order valence-corrected chi connectivity index (χ1v) is 6.96. The van der Waals surface area contributed by atoms with Crippen LogP contribution in [0.2, 0.25) is 0 Å². The number of aromatic nitrogens is 1. The maximum absolute atomic E-state index is 12.8. The molecule has 1 aromatic heterocycles. The first-order valence-electron chi connectivity index (χ1n) is 6.96. The first kappa shape index (κ1) is 13.5. The largest absolute Gasteiger partial charge is 0.381 e. The highest BCUT2D eigenvalue weighted by atomic mass is 19.1. The number of hydrogen-bond acceptors (Lipinski definition) is 3. The van der Waals surface area contributed by atoms with Gasteiger partial charge >= 0.3 is 0 Å². The molecule has 21 heavy (non-hydrogen) atoms. The molecule has 1 heterocycles. The summed E-state index contributed by atoms with van der Waals surface area (Å²) in [5.74, 6) is -0.385. The number of hydrogen-bond donors (Lipinski definition) is 2. The van der Waals surface area contributed by atoms with Crippen LogP contribution in [0.5, 0.6) is 0 Å². The second-order valence-corrected chi connectivity index (χ2v) is 5.16. The molecular formula is C16H16FN3O. The van der Waals surface area contributed by atoms with Crippen LogP contribution in [-0.4, -0.2) is 16.9 Å². The molecule has 1 amide bonds. The fraction of sp³-hybridized carbons (Fsp3) is 0.250. The number of halogens is 1. The van der Waals surface area contributed by atoms with Crippen molar-refractivity contribution >= 4 is 11.6 Å². The Bertz CT molecular complexity index is 638. The predicted octanol–water partition coefficient (Wildman–Crippen LogP) is 2.73. The quantitative estimate of drug-likeness (QED) is 0.888. The van der Waals surface area contributed by atoms with Crippen molar-refractivity contribution in [1.29, 1.82) is 0 Å². The first-order chi connectivity index (χ1) is 10.2. The van der Waals surface area contributed by atoms with Crippen molar-refractivity contribution in [1.82, 2.24) is 10.3 Å². The van der Waals surface area contributed by atoms with Gasteiger partial charge in [0, 0.05) is 24.5 Å². The Hall–Kier alpha value is -2.43. The maximum Gasteiger partial charge on any atom is 0.270 e. The van der Waals surface area contributed by atoms with Gasteiger partial charge in [0.15, 0.2) is 0 Å². The lowest BCUT2D eigenvalue weighted by Gasteiger charge is -2.08. The fourth-order valence-electron chi connectivity index (χ4n) is 1.96. The summed E-state index contributed by atoms with van der Waals surface area (Å²) in [4.78, 5) is 16.0. The summed E-state index contributed by atoms with van der Waals surface area (Å²) in [7, 11) is 0. The number of carbonyl (C=O) groups is 1. The zero-order chi connectivity index (χ0) is 14.7. The van der Waals surface area contributed by atoms with Gasteiger partial charge in [0.2, 0.25) is 0 Å². The molecule has 0 aliphatic heterocycles. The van der Waals surface area contributed by atoms with E-state index < -0.39 is 0 Å². The molecule has 1 saturated carbocycles. The molecule has 2 N–H and O–H groups in total. The normalized spacial score (nSPS) is 13.8. The molecule has 0 unspecified atom stereocenters. The minimum atomic E-state index is -0.248. The molecule has 2 aromatic rings. The Morgan fingerprint density at radius 1 is 1.24 bits per heavy atom. The number of nitrogens with one attached hydrogen (secondary N) is 2. The van der Waals surface area contributed by atoms with Crippen LogP contribution in [0.3, 0.4) is 0 Å². The van der Waals surface area contributed by atoms with Gasteiger partial charge < -0.3 is 10.6 Å². The molecule has 3 rings (SSSR count). The highest BCUT2D eigenvalue weighted by molar-refractivity contribution is 5.93. The molecule has 1 aromatic carbocycles. The van der Waals surface area contributed by atoms with Crippen molar-refractivity contribution < 1.29 is 9.18 Å². The van der Waals surface area contributed by atoms with E-state index in [1.807, 2.05) is 0 Å². The number of amides is 1. The number of nitrogens with zero attached hydrogens (tertiary/aromatic N) is 1. The molecule has 1 aliphatic rings. The third kappa shape index (κ3) is 3.78. The lowest BCUT2D eigenvalue weighted by Crippen LogP contribution is -2.26. The summed E-state index contributed by atoms with van der Waals surface area (Å²) in [5, 5.41) is 6.11. The zero-order valence-corrected chi connectivity index (χ0v) is 11.5. The Labute approximate surface area is 122 Å². The van der Waals surface area contributed by atoms with E-state index in [-0.39, 0.29) is 11.7 Å². The molecule has 1 aliphatic carbocycles. The molecule has 5 heteroatoms. The smallest absolute Gasteiger partial charge is 0.270 e. The fourth-order valence-corrected chi connectivity index (χ4v) is 1.96. The summed E-state index contributed by atoms with van der Waals surface area (Å²) >= 11 is 0. The number of benzene rings is 1. The number of carbonyl (C=O) groups excluding carboxylic acids is 1. The summed E-state index contributed by atoms with van der Waals surface area (Å²) in [6, 6.07) is 10.2. The third-order valence-corrected chi connectivity index (χ3v) is 3.32. The molecule has 0 radical (unpaired) electrons. The molecule has 0 bridgehead atoms. The van der Waals surface area contributed by atoms with E-state index in [2.05, 4.69) is 15.6 Å². The molecular weight excluding hydrogens is 269 g/mol. The van der Waals surface area contributed by atoms with Gasteiger partial charge in [-0.05, 0) is 42.7 Å². The number of anilines is 1. The van der Waals surface area contributed by atoms with Crippen molar-refractivity contribution in [3.05, 3.63) is 59.7 Å². The summed E-state index contributed by atoms with van der Waals surface area (Å²) in [6.07, 6.45) is 3.71. The van der Waals surface area contributed by atoms with Crippen molar-refractivity contribution in [2.45, 2.75) is 25.4 Å². The van der Waals surface area contributed by atoms with Crippen LogP contribution in [0.4, 0.5) is 10.1 Å². The monoisotopic (exact) mass is 285 g/mol. The minimum absolute atomic E-state index is 0.136. The van der Waals surface area contributed by atoms with Crippen molar-refractivity contribution in [3.63, 3.8) is 0 Å². The lowest BCUT2D eigenvalue weighted by atomic mass is 10.2. The molecule has 0 saturated heterocycles. The zero-order valence-electron chi connectivity index (χ0n) is 11.5. The topological polar surface area (TPSA) is 54.0 Å². The Morgan fingerprint density at radius 2 is 2.00 bits per heavy atom. The van der Waals surface area contributed by atoms with Gasteiger partial charge in [-0.2, -0.15) is 0 Å². The van der Waals surface area contributed by atoms with E-state index in [0.717, 1.165) is 24.1 Å². The van der Waals surface area contributed by atoms with Crippen molar-refractivity contribution in [2.24, 2.45) is 0 Å². The van der Waals surface area contributed by atoms with Gasteiger partial charge in [-0.3, -0.25) is 9.78 Å². The summed E-state index contributed by atoms with van der Waals surface area (Å²) < 4.78 is 12.8. The predicted molar refractivity (Wildman–Crippen MR) is 78.5 cm³/mol. The van der Waals surface area contributed by atoms with Crippen LogP contribution in [-0.2, 0) is 6.54 Å². The van der Waals surface area contributed by atoms with E-state index in [1.54, 1.807) is 30.5 Å². The second-order valence-electron chi connectivity index (χ2n) is 5.16. The average Bonchev–Trinajstić information content (AvgIpc) is 3.31. The highest BCUT2D eigenvalue weighted by Gasteiger charge is 2.24. The highest BCUT2D eigenvalue weighted by Crippen LogP contribution is 2.19. The van der Waals surface area contributed by atoms with Crippen LogP contribution < -0.4 is 10.6 Å². The van der Waals surface area contributed by atoms with E-state index in [1.165, 1.54) is 12.1 Å². The maximum atomic E-state index is 12.8. The van der Waals surface area contributed by atoms with E-state index in [4.69, 9.17) is 0 Å². The van der Waals surface area contributed by atoms with Crippen LogP contribution >= 0.6 is 0 Å². The van der Waals surface area contributed by atoms with Crippen LogP contribution in [0.25, 0.3) is 0 Å². The lowest BCUT2D eigenvalue weighted by molar-refractivity contribution is 0.0946. The minimum Gasteiger partial charge on any atom is -0.381 e. The molecule has 4 nitrogen and oxygen atoms in total. The second kappa shape index (κ2) is 5.91. The van der Waals surface area contributed by atoms with E-state index in [9.17, 15) is 9.18 Å². The van der Waals surface area contributed by atoms with Gasteiger partial charge in [-0.15, -0.1) is 0 Å². The van der Waals surface area contributed by atoms with Gasteiger partial charge in [0.1, 0.15) is 11.5 Å². The Kier molecular flexibility index (Phi) is 3.81.